The van der Waals surface area contributed by atoms with Gasteiger partial charge in [-0.05, 0) is 60.7 Å². The van der Waals surface area contributed by atoms with Gasteiger partial charge in [0.25, 0.3) is 0 Å². The summed E-state index contributed by atoms with van der Waals surface area (Å²) in [5, 5.41) is 6.15. The minimum absolute atomic E-state index is 0.276. The lowest BCUT2D eigenvalue weighted by atomic mass is 10.1. The van der Waals surface area contributed by atoms with Crippen LogP contribution < -0.4 is 14.8 Å². The molecule has 2 aromatic carbocycles. The quantitative estimate of drug-likeness (QED) is 0.189. The molecule has 0 amide bonds. The van der Waals surface area contributed by atoms with Gasteiger partial charge >= 0.3 is 0 Å². The Morgan fingerprint density at radius 3 is 2.50 bits per heavy atom. The van der Waals surface area contributed by atoms with E-state index in [9.17, 15) is 8.42 Å². The molecule has 0 aliphatic carbocycles. The minimum atomic E-state index is -3.79. The molecule has 4 heterocycles. The van der Waals surface area contributed by atoms with Crippen molar-refractivity contribution < 1.29 is 17.9 Å². The van der Waals surface area contributed by atoms with E-state index in [2.05, 4.69) is 21.4 Å². The number of benzene rings is 2. The highest BCUT2D eigenvalue weighted by atomic mass is 32.2. The number of hydrogen-bond acceptors (Lipinski definition) is 7. The highest BCUT2D eigenvalue weighted by molar-refractivity contribution is 7.91. The van der Waals surface area contributed by atoms with Crippen LogP contribution in [-0.2, 0) is 23.3 Å². The van der Waals surface area contributed by atoms with Gasteiger partial charge in [0.05, 0.1) is 24.6 Å². The molecule has 0 aliphatic heterocycles. The van der Waals surface area contributed by atoms with Crippen molar-refractivity contribution in [1.29, 1.82) is 0 Å². The summed E-state index contributed by atoms with van der Waals surface area (Å²) in [5.74, 6) is 1.28. The number of methoxy groups -OCH3 is 2. The zero-order valence-electron chi connectivity index (χ0n) is 23.8. The molecule has 0 spiro atoms. The predicted molar refractivity (Wildman–Crippen MR) is 168 cm³/mol. The predicted octanol–water partition coefficient (Wildman–Crippen LogP) is 6.41. The fourth-order valence-corrected chi connectivity index (χ4v) is 7.75. The van der Waals surface area contributed by atoms with Crippen LogP contribution in [0, 0.1) is 6.92 Å². The number of aromatic amines is 1. The highest BCUT2D eigenvalue weighted by Crippen LogP contribution is 2.40. The average Bonchev–Trinajstić information content (AvgIpc) is 3.74. The van der Waals surface area contributed by atoms with Crippen LogP contribution in [0.4, 0.5) is 0 Å². The number of ether oxygens (including phenoxy) is 2. The van der Waals surface area contributed by atoms with Gasteiger partial charge in [0, 0.05) is 59.0 Å². The smallest absolute Gasteiger partial charge is 0.198 e. The molecule has 8 nitrogen and oxygen atoms in total. The summed E-state index contributed by atoms with van der Waals surface area (Å²) in [5.41, 5.74) is 5.01. The Morgan fingerprint density at radius 1 is 1.02 bits per heavy atom. The largest absolute Gasteiger partial charge is 0.493 e. The van der Waals surface area contributed by atoms with Crippen molar-refractivity contribution in [3.63, 3.8) is 0 Å². The van der Waals surface area contributed by atoms with Gasteiger partial charge in [-0.2, -0.15) is 0 Å². The first kappa shape index (κ1) is 28.0. The van der Waals surface area contributed by atoms with Crippen LogP contribution in [0.15, 0.2) is 83.3 Å². The first-order chi connectivity index (χ1) is 20.3. The van der Waals surface area contributed by atoms with E-state index in [-0.39, 0.29) is 4.90 Å². The Bertz CT molecular complexity index is 1980. The number of aromatic nitrogens is 3. The summed E-state index contributed by atoms with van der Waals surface area (Å²) in [6.45, 7) is 2.45. The molecule has 216 valence electrons. The van der Waals surface area contributed by atoms with E-state index >= 15 is 0 Å². The van der Waals surface area contributed by atoms with Crippen LogP contribution in [0.2, 0.25) is 0 Å². The molecule has 0 saturated carbocycles. The third-order valence-electron chi connectivity index (χ3n) is 7.57. The maximum absolute atomic E-state index is 14.1. The lowest BCUT2D eigenvalue weighted by Gasteiger charge is -2.20. The number of hydrogen-bond donors (Lipinski definition) is 2. The molecule has 4 aromatic heterocycles. The number of nitrogens with one attached hydrogen (secondary N) is 2. The van der Waals surface area contributed by atoms with Crippen molar-refractivity contribution in [3.8, 4) is 22.8 Å². The van der Waals surface area contributed by atoms with Gasteiger partial charge in [-0.3, -0.25) is 5.32 Å². The number of H-pyrrole nitrogens is 1. The average molecular weight is 601 g/mol. The van der Waals surface area contributed by atoms with Crippen molar-refractivity contribution in [3.05, 3.63) is 94.4 Å². The number of fused-ring (bicyclic) bond motifs is 2. The molecule has 6 rings (SSSR count). The summed E-state index contributed by atoms with van der Waals surface area (Å²) in [7, 11) is 1.42. The van der Waals surface area contributed by atoms with Crippen LogP contribution >= 0.6 is 11.3 Å². The molecule has 2 N–H and O–H groups in total. The van der Waals surface area contributed by atoms with Crippen molar-refractivity contribution in [1.82, 2.24) is 19.9 Å². The fraction of sp³-hybridized carbons (Fsp3) is 0.219. The molecule has 1 atom stereocenters. The van der Waals surface area contributed by atoms with E-state index < -0.39 is 15.2 Å². The van der Waals surface area contributed by atoms with Crippen molar-refractivity contribution in [2.45, 2.75) is 23.6 Å². The van der Waals surface area contributed by atoms with Gasteiger partial charge < -0.3 is 19.0 Å². The molecule has 0 bridgehead atoms. The second-order valence-electron chi connectivity index (χ2n) is 10.2. The normalized spacial score (nSPS) is 12.7. The lowest BCUT2D eigenvalue weighted by Crippen LogP contribution is -2.30. The van der Waals surface area contributed by atoms with Crippen LogP contribution in [0.25, 0.3) is 33.2 Å². The highest BCUT2D eigenvalue weighted by Gasteiger charge is 2.31. The Morgan fingerprint density at radius 2 is 1.79 bits per heavy atom. The monoisotopic (exact) mass is 600 g/mol. The number of aryl methyl sites for hydroxylation is 2. The molecule has 0 radical (unpaired) electrons. The first-order valence-corrected chi connectivity index (χ1v) is 16.0. The number of sulfone groups is 1. The van der Waals surface area contributed by atoms with E-state index in [4.69, 9.17) is 9.47 Å². The second-order valence-corrected chi connectivity index (χ2v) is 13.3. The van der Waals surface area contributed by atoms with Gasteiger partial charge in [0.2, 0.25) is 0 Å². The van der Waals surface area contributed by atoms with Crippen molar-refractivity contribution in [2.24, 2.45) is 7.05 Å². The van der Waals surface area contributed by atoms with Crippen LogP contribution in [0.1, 0.15) is 21.4 Å². The van der Waals surface area contributed by atoms with Gasteiger partial charge in [-0.25, -0.2) is 13.4 Å². The summed E-state index contributed by atoms with van der Waals surface area (Å²) in [6.07, 6.45) is 4.42. The molecule has 0 saturated heterocycles. The summed E-state index contributed by atoms with van der Waals surface area (Å²) < 4.78 is 41.4. The van der Waals surface area contributed by atoms with Crippen molar-refractivity contribution in [2.75, 3.05) is 20.8 Å². The van der Waals surface area contributed by atoms with Gasteiger partial charge in [0.1, 0.15) is 11.0 Å². The van der Waals surface area contributed by atoms with Crippen molar-refractivity contribution >= 4 is 43.1 Å². The van der Waals surface area contributed by atoms with E-state index in [1.807, 2.05) is 66.5 Å². The number of rotatable bonds is 10. The van der Waals surface area contributed by atoms with Crippen LogP contribution in [0.3, 0.4) is 0 Å². The Labute approximate surface area is 248 Å². The molecule has 0 aliphatic rings. The SMILES string of the molecule is COc1cc2c(-c3cc4c(C(NCCc5cccs5)S(=O)(=O)c5ccc(C)cc5)ccnc4[nH]3)cn(C)c2cc1OC. The summed E-state index contributed by atoms with van der Waals surface area (Å²) >= 11 is 1.66. The van der Waals surface area contributed by atoms with E-state index in [0.29, 0.717) is 29.3 Å². The Hall–Kier alpha value is -4.12. The summed E-state index contributed by atoms with van der Waals surface area (Å²) in [6, 6.07) is 18.8. The standard InChI is InChI=1S/C32H32N4O4S2/c1-20-7-9-22(10-8-20)42(37,38)32(34-13-11-21-6-5-15-41-21)23-12-14-33-31-25(23)16-27(35-31)26-19-36(2)28-18-30(40-4)29(39-3)17-24(26)28/h5-10,12,14-19,32,34H,11,13H2,1-4H3,(H,33,35). The lowest BCUT2D eigenvalue weighted by molar-refractivity contribution is 0.355. The molecule has 6 aromatic rings. The molecule has 1 unspecified atom stereocenters. The molecule has 42 heavy (non-hydrogen) atoms. The van der Waals surface area contributed by atoms with Gasteiger partial charge in [-0.15, -0.1) is 11.3 Å². The minimum Gasteiger partial charge on any atom is -0.493 e. The van der Waals surface area contributed by atoms with E-state index in [1.165, 1.54) is 4.88 Å². The molecule has 0 fully saturated rings. The second kappa shape index (κ2) is 11.3. The third kappa shape index (κ3) is 5.06. The van der Waals surface area contributed by atoms with Gasteiger partial charge in [0.15, 0.2) is 21.3 Å². The third-order valence-corrected chi connectivity index (χ3v) is 10.5. The molecular weight excluding hydrogens is 569 g/mol. The number of thiophene rings is 1. The maximum atomic E-state index is 14.1. The van der Waals surface area contributed by atoms with E-state index in [1.54, 1.807) is 50.0 Å². The number of pyridine rings is 1. The first-order valence-electron chi connectivity index (χ1n) is 13.6. The fourth-order valence-electron chi connectivity index (χ4n) is 5.38. The number of nitrogens with zero attached hydrogens (tertiary/aromatic N) is 2. The van der Waals surface area contributed by atoms with E-state index in [0.717, 1.165) is 39.5 Å². The molecule has 10 heteroatoms. The topological polar surface area (TPSA) is 98.2 Å². The Kier molecular flexibility index (Phi) is 7.53. The van der Waals surface area contributed by atoms with Crippen LogP contribution in [-0.4, -0.2) is 43.7 Å². The maximum Gasteiger partial charge on any atom is 0.198 e. The summed E-state index contributed by atoms with van der Waals surface area (Å²) in [4.78, 5) is 9.49. The van der Waals surface area contributed by atoms with Gasteiger partial charge in [-0.1, -0.05) is 23.8 Å². The Balaban J connectivity index is 1.46. The van der Waals surface area contributed by atoms with Crippen LogP contribution in [0.5, 0.6) is 11.5 Å². The zero-order chi connectivity index (χ0) is 29.4. The zero-order valence-corrected chi connectivity index (χ0v) is 25.5. The molecular formula is C32H32N4O4S2.